The van der Waals surface area contributed by atoms with Crippen LogP contribution >= 0.6 is 0 Å². The van der Waals surface area contributed by atoms with Gasteiger partial charge in [0.2, 0.25) is 0 Å². The van der Waals surface area contributed by atoms with Crippen LogP contribution in [0.25, 0.3) is 0 Å². The molecule has 2 fully saturated rings. The summed E-state index contributed by atoms with van der Waals surface area (Å²) in [7, 11) is 1.77. The molecule has 118 valence electrons. The third-order valence-corrected chi connectivity index (χ3v) is 5.16. The topological polar surface area (TPSA) is 35.9 Å². The first-order valence-electron chi connectivity index (χ1n) is 8.20. The molecule has 20 heavy (non-hydrogen) atoms. The molecule has 2 aliphatic rings. The number of rotatable bonds is 5. The zero-order valence-electron chi connectivity index (χ0n) is 13.5. The summed E-state index contributed by atoms with van der Waals surface area (Å²) in [5, 5.41) is 10.7. The molecular weight excluding hydrogens is 252 g/mol. The first kappa shape index (κ1) is 16.2. The van der Waals surface area contributed by atoms with Crippen LogP contribution in [0.1, 0.15) is 39.5 Å². The van der Waals surface area contributed by atoms with E-state index in [4.69, 9.17) is 4.74 Å². The molecule has 1 N–H and O–H groups in total. The molecule has 1 aliphatic heterocycles. The number of aliphatic hydroxyl groups is 1. The van der Waals surface area contributed by atoms with Crippen LogP contribution in [0.4, 0.5) is 0 Å². The van der Waals surface area contributed by atoms with Gasteiger partial charge in [0.1, 0.15) is 0 Å². The zero-order valence-corrected chi connectivity index (χ0v) is 13.5. The smallest absolute Gasteiger partial charge is 0.0774 e. The Hall–Kier alpha value is -0.160. The second-order valence-electron chi connectivity index (χ2n) is 7.02. The van der Waals surface area contributed by atoms with Crippen molar-refractivity contribution in [2.24, 2.45) is 5.92 Å². The summed E-state index contributed by atoms with van der Waals surface area (Å²) in [6, 6.07) is 0.501. The van der Waals surface area contributed by atoms with Crippen molar-refractivity contribution < 1.29 is 9.84 Å². The monoisotopic (exact) mass is 284 g/mol. The van der Waals surface area contributed by atoms with Gasteiger partial charge in [-0.2, -0.15) is 0 Å². The second kappa shape index (κ2) is 7.21. The molecule has 0 amide bonds. The Balaban J connectivity index is 1.74. The summed E-state index contributed by atoms with van der Waals surface area (Å²) in [5.41, 5.74) is -0.424. The van der Waals surface area contributed by atoms with Crippen LogP contribution in [0.5, 0.6) is 0 Å². The summed E-state index contributed by atoms with van der Waals surface area (Å²) in [5.74, 6) is 0.794. The van der Waals surface area contributed by atoms with Crippen molar-refractivity contribution in [2.75, 3.05) is 46.4 Å². The van der Waals surface area contributed by atoms with Gasteiger partial charge < -0.3 is 9.84 Å². The van der Waals surface area contributed by atoms with Crippen molar-refractivity contribution in [1.29, 1.82) is 0 Å². The van der Waals surface area contributed by atoms with E-state index in [-0.39, 0.29) is 0 Å². The van der Waals surface area contributed by atoms with E-state index in [1.807, 2.05) is 0 Å². The molecule has 1 unspecified atom stereocenters. The van der Waals surface area contributed by atoms with Gasteiger partial charge in [-0.1, -0.05) is 6.92 Å². The molecule has 2 rings (SSSR count). The van der Waals surface area contributed by atoms with Gasteiger partial charge in [-0.25, -0.2) is 0 Å². The zero-order chi connectivity index (χ0) is 14.6. The van der Waals surface area contributed by atoms with Crippen molar-refractivity contribution in [3.8, 4) is 0 Å². The van der Waals surface area contributed by atoms with Gasteiger partial charge in [-0.3, -0.25) is 9.80 Å². The number of ether oxygens (including phenoxy) is 1. The lowest BCUT2D eigenvalue weighted by atomic mass is 9.79. The predicted molar refractivity (Wildman–Crippen MR) is 81.9 cm³/mol. The molecule has 0 aromatic heterocycles. The highest BCUT2D eigenvalue weighted by molar-refractivity contribution is 4.89. The molecule has 0 bridgehead atoms. The number of hydrogen-bond acceptors (Lipinski definition) is 4. The maximum atomic E-state index is 10.7. The average molecular weight is 284 g/mol. The van der Waals surface area contributed by atoms with Crippen molar-refractivity contribution in [1.82, 2.24) is 9.80 Å². The van der Waals surface area contributed by atoms with E-state index in [2.05, 4.69) is 23.6 Å². The van der Waals surface area contributed by atoms with Crippen LogP contribution in [-0.4, -0.2) is 73.0 Å². The Morgan fingerprint density at radius 3 is 2.35 bits per heavy atom. The van der Waals surface area contributed by atoms with Crippen LogP contribution < -0.4 is 0 Å². The molecule has 0 radical (unpaired) electrons. The fourth-order valence-corrected chi connectivity index (χ4v) is 3.58. The summed E-state index contributed by atoms with van der Waals surface area (Å²) >= 11 is 0. The number of β-amino-alcohol motifs (C(OH)–C–C–N with tert-alkyl or cyclic N) is 1. The lowest BCUT2D eigenvalue weighted by Crippen LogP contribution is -2.54. The summed E-state index contributed by atoms with van der Waals surface area (Å²) in [6.45, 7) is 10.5. The van der Waals surface area contributed by atoms with Crippen LogP contribution in [0, 0.1) is 5.92 Å². The van der Waals surface area contributed by atoms with Gasteiger partial charge in [0, 0.05) is 45.9 Å². The van der Waals surface area contributed by atoms with E-state index in [1.165, 1.54) is 12.8 Å². The number of methoxy groups -OCH3 is 1. The van der Waals surface area contributed by atoms with Crippen LogP contribution in [-0.2, 0) is 4.74 Å². The Morgan fingerprint density at radius 2 is 1.80 bits per heavy atom. The van der Waals surface area contributed by atoms with E-state index in [0.29, 0.717) is 6.04 Å². The first-order chi connectivity index (χ1) is 9.52. The highest BCUT2D eigenvalue weighted by atomic mass is 16.5. The Bertz CT molecular complexity index is 282. The van der Waals surface area contributed by atoms with E-state index < -0.39 is 5.60 Å². The van der Waals surface area contributed by atoms with E-state index in [1.54, 1.807) is 7.11 Å². The lowest BCUT2D eigenvalue weighted by Gasteiger charge is -2.43. The van der Waals surface area contributed by atoms with Gasteiger partial charge in [-0.05, 0) is 38.5 Å². The van der Waals surface area contributed by atoms with Crippen molar-refractivity contribution in [3.63, 3.8) is 0 Å². The fraction of sp³-hybridized carbons (Fsp3) is 1.00. The quantitative estimate of drug-likeness (QED) is 0.831. The lowest BCUT2D eigenvalue weighted by molar-refractivity contribution is -0.0471. The predicted octanol–water partition coefficient (Wildman–Crippen LogP) is 1.58. The Kier molecular flexibility index (Phi) is 5.84. The highest BCUT2D eigenvalue weighted by Crippen LogP contribution is 2.32. The summed E-state index contributed by atoms with van der Waals surface area (Å²) < 4.78 is 5.24. The molecule has 1 heterocycles. The first-order valence-corrected chi connectivity index (χ1v) is 8.20. The molecule has 4 nitrogen and oxygen atoms in total. The normalized spacial score (nSPS) is 35.1. The third-order valence-electron chi connectivity index (χ3n) is 5.16. The fourth-order valence-electron chi connectivity index (χ4n) is 3.58. The second-order valence-corrected chi connectivity index (χ2v) is 7.02. The third kappa shape index (κ3) is 4.42. The van der Waals surface area contributed by atoms with Gasteiger partial charge in [0.05, 0.1) is 12.2 Å². The number of nitrogens with zero attached hydrogens (tertiary/aromatic N) is 2. The SMILES string of the molecule is COCC(C)N1CCN(CC2(O)CCC(C)CC2)CC1. The number of hydrogen-bond donors (Lipinski definition) is 1. The molecule has 1 aliphatic carbocycles. The molecule has 0 aromatic carbocycles. The van der Waals surface area contributed by atoms with Crippen molar-refractivity contribution >= 4 is 0 Å². The molecule has 0 aromatic rings. The Labute approximate surface area is 124 Å². The van der Waals surface area contributed by atoms with Crippen LogP contribution in [0.15, 0.2) is 0 Å². The van der Waals surface area contributed by atoms with E-state index in [0.717, 1.165) is 58.1 Å². The Morgan fingerprint density at radius 1 is 1.20 bits per heavy atom. The largest absolute Gasteiger partial charge is 0.389 e. The van der Waals surface area contributed by atoms with Gasteiger partial charge in [0.25, 0.3) is 0 Å². The van der Waals surface area contributed by atoms with E-state index in [9.17, 15) is 5.11 Å². The summed E-state index contributed by atoms with van der Waals surface area (Å²) in [4.78, 5) is 4.94. The molecular formula is C16H32N2O2. The maximum Gasteiger partial charge on any atom is 0.0774 e. The minimum absolute atomic E-state index is 0.424. The highest BCUT2D eigenvalue weighted by Gasteiger charge is 2.34. The van der Waals surface area contributed by atoms with Gasteiger partial charge >= 0.3 is 0 Å². The molecule has 1 atom stereocenters. The molecule has 1 saturated carbocycles. The molecule has 4 heteroatoms. The molecule has 0 spiro atoms. The van der Waals surface area contributed by atoms with Crippen molar-refractivity contribution in [3.05, 3.63) is 0 Å². The van der Waals surface area contributed by atoms with Crippen molar-refractivity contribution in [2.45, 2.75) is 51.2 Å². The maximum absolute atomic E-state index is 10.7. The summed E-state index contributed by atoms with van der Waals surface area (Å²) in [6.07, 6.45) is 4.32. The minimum atomic E-state index is -0.424. The van der Waals surface area contributed by atoms with Gasteiger partial charge in [-0.15, -0.1) is 0 Å². The van der Waals surface area contributed by atoms with Crippen LogP contribution in [0.3, 0.4) is 0 Å². The molecule has 1 saturated heterocycles. The average Bonchev–Trinajstić information content (AvgIpc) is 2.43. The minimum Gasteiger partial charge on any atom is -0.389 e. The standard InChI is InChI=1S/C16H32N2O2/c1-14-4-6-16(19,7-5-14)13-17-8-10-18(11-9-17)15(2)12-20-3/h14-15,19H,4-13H2,1-3H3. The van der Waals surface area contributed by atoms with Crippen LogP contribution in [0.2, 0.25) is 0 Å². The number of piperazine rings is 1. The van der Waals surface area contributed by atoms with E-state index >= 15 is 0 Å². The van der Waals surface area contributed by atoms with Gasteiger partial charge in [0.15, 0.2) is 0 Å².